The van der Waals surface area contributed by atoms with Gasteiger partial charge in [-0.1, -0.05) is 31.4 Å². The van der Waals surface area contributed by atoms with Gasteiger partial charge < -0.3 is 25.8 Å². The van der Waals surface area contributed by atoms with Crippen LogP contribution in [0.3, 0.4) is 0 Å². The van der Waals surface area contributed by atoms with Crippen molar-refractivity contribution in [2.45, 2.75) is 57.7 Å². The van der Waals surface area contributed by atoms with Gasteiger partial charge in [-0.3, -0.25) is 14.4 Å². The van der Waals surface area contributed by atoms with Crippen LogP contribution in [0.15, 0.2) is 18.3 Å². The number of likely N-dealkylation sites (tertiary alicyclic amines) is 1. The Morgan fingerprint density at radius 2 is 1.97 bits per heavy atom. The Bertz CT molecular complexity index is 1110. The highest BCUT2D eigenvalue weighted by Gasteiger charge is 2.34. The fourth-order valence-corrected chi connectivity index (χ4v) is 5.84. The zero-order chi connectivity index (χ0) is 26.4. The number of aromatic nitrogens is 2. The fraction of sp³-hybridized carbons (Fsp3) is 0.560. The normalized spacial score (nSPS) is 20.2. The van der Waals surface area contributed by atoms with E-state index in [0.717, 1.165) is 62.4 Å². The lowest BCUT2D eigenvalue weighted by molar-refractivity contribution is -0.137. The molecular weight excluding hydrogens is 514 g/mol. The fourth-order valence-electron chi connectivity index (χ4n) is 4.63. The molecule has 0 unspecified atom stereocenters. The summed E-state index contributed by atoms with van der Waals surface area (Å²) in [6, 6.07) is 2.37. The van der Waals surface area contributed by atoms with Crippen LogP contribution in [-0.2, 0) is 22.6 Å². The van der Waals surface area contributed by atoms with Crippen LogP contribution in [-0.4, -0.2) is 82.8 Å². The van der Waals surface area contributed by atoms with Crippen LogP contribution in [0.1, 0.15) is 53.0 Å². The number of nitrogens with zero attached hydrogens (tertiary/aromatic N) is 4. The lowest BCUT2D eigenvalue weighted by Crippen LogP contribution is -2.61. The van der Waals surface area contributed by atoms with Gasteiger partial charge in [-0.05, 0) is 38.6 Å². The van der Waals surface area contributed by atoms with Gasteiger partial charge in [-0.25, -0.2) is 9.97 Å². The molecule has 37 heavy (non-hydrogen) atoms. The zero-order valence-corrected chi connectivity index (χ0v) is 22.8. The topological polar surface area (TPSA) is 120 Å². The standard InChI is InChI=1S/C25H34ClN7O3S/c1-3-4-5-10-33-12-9-17(28-22(34)23(35)31-21-7-6-16(26)13-27-21)19(14-33)29-24(36)25-30-18-8-11-32(2)15-20(18)37-25/h6-7,13,17,19H,3-5,8-12,14-15H2,1-2H3,(H,28,34)(H,29,36)(H,27,31,35)/t17-,19+/m0/s1. The largest absolute Gasteiger partial charge is 0.344 e. The minimum absolute atomic E-state index is 0.235. The summed E-state index contributed by atoms with van der Waals surface area (Å²) in [7, 11) is 2.06. The molecule has 2 aliphatic heterocycles. The highest BCUT2D eigenvalue weighted by molar-refractivity contribution is 7.13. The van der Waals surface area contributed by atoms with E-state index < -0.39 is 11.8 Å². The molecule has 3 N–H and O–H groups in total. The van der Waals surface area contributed by atoms with Crippen molar-refractivity contribution in [2.24, 2.45) is 0 Å². The molecule has 200 valence electrons. The van der Waals surface area contributed by atoms with E-state index >= 15 is 0 Å². The number of thiazole rings is 1. The number of rotatable bonds is 8. The summed E-state index contributed by atoms with van der Waals surface area (Å²) in [6.45, 7) is 6.19. The van der Waals surface area contributed by atoms with E-state index in [4.69, 9.17) is 11.6 Å². The Hall–Kier alpha value is -2.60. The number of pyridine rings is 1. The summed E-state index contributed by atoms with van der Waals surface area (Å²) in [4.78, 5) is 52.7. The van der Waals surface area contributed by atoms with Crippen molar-refractivity contribution in [2.75, 3.05) is 38.5 Å². The number of likely N-dealkylation sites (N-methyl/N-ethyl adjacent to an activating group) is 1. The third-order valence-electron chi connectivity index (χ3n) is 6.70. The minimum atomic E-state index is -0.818. The van der Waals surface area contributed by atoms with E-state index in [1.54, 1.807) is 6.07 Å². The number of anilines is 1. The maximum atomic E-state index is 13.2. The molecule has 1 saturated heterocycles. The molecular formula is C25H34ClN7O3S. The lowest BCUT2D eigenvalue weighted by atomic mass is 9.98. The van der Waals surface area contributed by atoms with Gasteiger partial charge in [0.1, 0.15) is 5.82 Å². The number of piperidine rings is 1. The molecule has 3 amide bonds. The van der Waals surface area contributed by atoms with Crippen LogP contribution < -0.4 is 16.0 Å². The first kappa shape index (κ1) is 27.4. The summed E-state index contributed by atoms with van der Waals surface area (Å²) in [5, 5.41) is 9.29. The number of hydrogen-bond acceptors (Lipinski definition) is 8. The molecule has 2 aliphatic rings. The summed E-state index contributed by atoms with van der Waals surface area (Å²) in [6.07, 6.45) is 6.20. The monoisotopic (exact) mass is 547 g/mol. The van der Waals surface area contributed by atoms with Crippen molar-refractivity contribution in [3.8, 4) is 0 Å². The molecule has 0 bridgehead atoms. The molecule has 1 fully saturated rings. The number of amides is 3. The average molecular weight is 548 g/mol. The summed E-state index contributed by atoms with van der Waals surface area (Å²) >= 11 is 7.26. The molecule has 0 spiro atoms. The van der Waals surface area contributed by atoms with Crippen molar-refractivity contribution in [1.29, 1.82) is 0 Å². The second-order valence-electron chi connectivity index (χ2n) is 9.65. The summed E-state index contributed by atoms with van der Waals surface area (Å²) < 4.78 is 0. The summed E-state index contributed by atoms with van der Waals surface area (Å²) in [5.41, 5.74) is 0.996. The highest BCUT2D eigenvalue weighted by atomic mass is 35.5. The van der Waals surface area contributed by atoms with E-state index in [-0.39, 0.29) is 23.8 Å². The number of halogens is 1. The molecule has 4 rings (SSSR count). The second kappa shape index (κ2) is 12.8. The van der Waals surface area contributed by atoms with E-state index in [1.807, 2.05) is 0 Å². The second-order valence-corrected chi connectivity index (χ2v) is 11.2. The molecule has 0 saturated carbocycles. The molecule has 12 heteroatoms. The van der Waals surface area contributed by atoms with Gasteiger partial charge in [0.15, 0.2) is 5.01 Å². The van der Waals surface area contributed by atoms with E-state index in [2.05, 4.69) is 49.7 Å². The van der Waals surface area contributed by atoms with E-state index in [0.29, 0.717) is 23.0 Å². The van der Waals surface area contributed by atoms with Crippen LogP contribution in [0, 0.1) is 0 Å². The smallest absolute Gasteiger partial charge is 0.314 e. The molecule has 0 radical (unpaired) electrons. The maximum Gasteiger partial charge on any atom is 0.314 e. The third-order valence-corrected chi connectivity index (χ3v) is 8.00. The first-order valence-corrected chi connectivity index (χ1v) is 14.0. The quantitative estimate of drug-likeness (QED) is 0.342. The van der Waals surface area contributed by atoms with Crippen LogP contribution >= 0.6 is 22.9 Å². The maximum absolute atomic E-state index is 13.2. The van der Waals surface area contributed by atoms with Gasteiger partial charge in [-0.2, -0.15) is 0 Å². The Morgan fingerprint density at radius 3 is 2.73 bits per heavy atom. The average Bonchev–Trinajstić information content (AvgIpc) is 3.30. The first-order valence-electron chi connectivity index (χ1n) is 12.8. The van der Waals surface area contributed by atoms with Crippen molar-refractivity contribution in [3.63, 3.8) is 0 Å². The van der Waals surface area contributed by atoms with Crippen LogP contribution in [0.2, 0.25) is 5.02 Å². The van der Waals surface area contributed by atoms with Crippen molar-refractivity contribution < 1.29 is 14.4 Å². The molecule has 0 aromatic carbocycles. The van der Waals surface area contributed by atoms with Gasteiger partial charge >= 0.3 is 11.8 Å². The number of carbonyl (C=O) groups is 3. The predicted octanol–water partition coefficient (Wildman–Crippen LogP) is 2.30. The third kappa shape index (κ3) is 7.47. The molecule has 2 atom stereocenters. The van der Waals surface area contributed by atoms with Gasteiger partial charge in [-0.15, -0.1) is 11.3 Å². The van der Waals surface area contributed by atoms with Gasteiger partial charge in [0.25, 0.3) is 5.91 Å². The SMILES string of the molecule is CCCCCN1CC[C@H](NC(=O)C(=O)Nc2ccc(Cl)cn2)[C@H](NC(=O)c2nc3c(s2)CN(C)CC3)C1. The molecule has 10 nitrogen and oxygen atoms in total. The van der Waals surface area contributed by atoms with E-state index in [9.17, 15) is 14.4 Å². The lowest BCUT2D eigenvalue weighted by Gasteiger charge is -2.39. The predicted molar refractivity (Wildman–Crippen MR) is 144 cm³/mol. The Morgan fingerprint density at radius 1 is 1.14 bits per heavy atom. The van der Waals surface area contributed by atoms with Gasteiger partial charge in [0.2, 0.25) is 0 Å². The minimum Gasteiger partial charge on any atom is -0.344 e. The molecule has 2 aromatic rings. The van der Waals surface area contributed by atoms with Crippen LogP contribution in [0.4, 0.5) is 5.82 Å². The number of unbranched alkanes of at least 4 members (excludes halogenated alkanes) is 2. The van der Waals surface area contributed by atoms with Crippen molar-refractivity contribution in [1.82, 2.24) is 30.4 Å². The zero-order valence-electron chi connectivity index (χ0n) is 21.3. The van der Waals surface area contributed by atoms with Crippen LogP contribution in [0.5, 0.6) is 0 Å². The highest BCUT2D eigenvalue weighted by Crippen LogP contribution is 2.25. The molecule has 0 aliphatic carbocycles. The number of fused-ring (bicyclic) bond motifs is 1. The van der Waals surface area contributed by atoms with Gasteiger partial charge in [0, 0.05) is 43.7 Å². The Labute approximate surface area is 226 Å². The van der Waals surface area contributed by atoms with Crippen molar-refractivity contribution in [3.05, 3.63) is 38.9 Å². The summed E-state index contributed by atoms with van der Waals surface area (Å²) in [5.74, 6) is -1.59. The molecule has 4 heterocycles. The number of nitrogens with one attached hydrogen (secondary N) is 3. The van der Waals surface area contributed by atoms with Crippen LogP contribution in [0.25, 0.3) is 0 Å². The first-order chi connectivity index (χ1) is 17.8. The van der Waals surface area contributed by atoms with Gasteiger partial charge in [0.05, 0.1) is 22.8 Å². The number of hydrogen-bond donors (Lipinski definition) is 3. The molecule has 2 aromatic heterocycles. The Balaban J connectivity index is 1.41. The van der Waals surface area contributed by atoms with E-state index in [1.165, 1.54) is 23.6 Å². The Kier molecular flexibility index (Phi) is 9.47. The number of carbonyl (C=O) groups excluding carboxylic acids is 3. The van der Waals surface area contributed by atoms with Crippen molar-refractivity contribution >= 4 is 46.5 Å².